The second kappa shape index (κ2) is 11.3. The summed E-state index contributed by atoms with van der Waals surface area (Å²) >= 11 is 0. The first kappa shape index (κ1) is 24.8. The predicted molar refractivity (Wildman–Crippen MR) is 133 cm³/mol. The van der Waals surface area contributed by atoms with E-state index in [1.807, 2.05) is 61.3 Å². The zero-order chi connectivity index (χ0) is 24.7. The molecule has 0 radical (unpaired) electrons. The normalized spacial score (nSPS) is 10.7. The number of ether oxygens (including phenoxy) is 3. The van der Waals surface area contributed by atoms with Gasteiger partial charge >= 0.3 is 0 Å². The van der Waals surface area contributed by atoms with Crippen LogP contribution in [0.15, 0.2) is 48.7 Å². The Morgan fingerprint density at radius 3 is 2.18 bits per heavy atom. The molecular formula is C25H31N5O4. The summed E-state index contributed by atoms with van der Waals surface area (Å²) < 4.78 is 16.4. The summed E-state index contributed by atoms with van der Waals surface area (Å²) in [6, 6.07) is 13.3. The average molecular weight is 466 g/mol. The molecule has 1 N–H and O–H groups in total. The van der Waals surface area contributed by atoms with Crippen LogP contribution >= 0.6 is 0 Å². The van der Waals surface area contributed by atoms with Crippen LogP contribution < -0.4 is 24.4 Å². The van der Waals surface area contributed by atoms with Crippen LogP contribution in [0, 0.1) is 0 Å². The average Bonchev–Trinajstić information content (AvgIpc) is 2.87. The van der Waals surface area contributed by atoms with Crippen molar-refractivity contribution in [2.75, 3.05) is 60.5 Å². The molecule has 1 amide bonds. The Morgan fingerprint density at radius 2 is 1.62 bits per heavy atom. The van der Waals surface area contributed by atoms with E-state index in [0.717, 1.165) is 12.2 Å². The molecule has 9 nitrogen and oxygen atoms in total. The van der Waals surface area contributed by atoms with Crippen LogP contribution in [0.2, 0.25) is 0 Å². The second-order valence-corrected chi connectivity index (χ2v) is 7.80. The van der Waals surface area contributed by atoms with E-state index < -0.39 is 0 Å². The lowest BCUT2D eigenvalue weighted by Crippen LogP contribution is -2.32. The van der Waals surface area contributed by atoms with Crippen molar-refractivity contribution in [2.24, 2.45) is 0 Å². The second-order valence-electron chi connectivity index (χ2n) is 7.80. The lowest BCUT2D eigenvalue weighted by atomic mass is 10.1. The number of para-hydroxylation sites is 1. The highest BCUT2D eigenvalue weighted by Gasteiger charge is 2.21. The van der Waals surface area contributed by atoms with Crippen LogP contribution in [0.4, 0.5) is 11.5 Å². The van der Waals surface area contributed by atoms with E-state index in [1.54, 1.807) is 39.7 Å². The zero-order valence-electron chi connectivity index (χ0n) is 20.5. The highest BCUT2D eigenvalue weighted by Crippen LogP contribution is 2.41. The van der Waals surface area contributed by atoms with Crippen molar-refractivity contribution in [3.05, 3.63) is 54.2 Å². The van der Waals surface area contributed by atoms with Gasteiger partial charge in [-0.15, -0.1) is 0 Å². The van der Waals surface area contributed by atoms with Crippen molar-refractivity contribution in [3.8, 4) is 28.6 Å². The van der Waals surface area contributed by atoms with Gasteiger partial charge in [0, 0.05) is 37.6 Å². The number of likely N-dealkylation sites (N-methyl/N-ethyl adjacent to an activating group) is 1. The number of nitrogens with zero attached hydrogens (tertiary/aromatic N) is 4. The molecule has 0 fully saturated rings. The summed E-state index contributed by atoms with van der Waals surface area (Å²) in [6.45, 7) is 1.23. The van der Waals surface area contributed by atoms with Gasteiger partial charge in [0.05, 0.1) is 21.3 Å². The zero-order valence-corrected chi connectivity index (χ0v) is 20.5. The number of hydrogen-bond donors (Lipinski definition) is 1. The van der Waals surface area contributed by atoms with E-state index in [1.165, 1.54) is 0 Å². The number of rotatable bonds is 10. The molecule has 0 spiro atoms. The summed E-state index contributed by atoms with van der Waals surface area (Å²) in [6.07, 6.45) is 1.55. The van der Waals surface area contributed by atoms with Crippen molar-refractivity contribution in [1.82, 2.24) is 20.2 Å². The molecule has 0 aliphatic heterocycles. The molecule has 34 heavy (non-hydrogen) atoms. The van der Waals surface area contributed by atoms with Gasteiger partial charge < -0.3 is 29.3 Å². The highest BCUT2D eigenvalue weighted by molar-refractivity contribution is 5.99. The lowest BCUT2D eigenvalue weighted by Gasteiger charge is -2.22. The fraction of sp³-hybridized carbons (Fsp3) is 0.320. The smallest absolute Gasteiger partial charge is 0.256 e. The molecule has 3 rings (SSSR count). The number of anilines is 2. The van der Waals surface area contributed by atoms with Gasteiger partial charge in [-0.2, -0.15) is 0 Å². The van der Waals surface area contributed by atoms with Crippen molar-refractivity contribution >= 4 is 17.4 Å². The molecule has 2 aromatic carbocycles. The van der Waals surface area contributed by atoms with Crippen molar-refractivity contribution in [2.45, 2.75) is 0 Å². The van der Waals surface area contributed by atoms with E-state index in [4.69, 9.17) is 19.2 Å². The molecule has 0 atom stereocenters. The fourth-order valence-electron chi connectivity index (χ4n) is 3.40. The predicted octanol–water partition coefficient (Wildman–Crippen LogP) is 3.23. The van der Waals surface area contributed by atoms with E-state index in [0.29, 0.717) is 46.6 Å². The Kier molecular flexibility index (Phi) is 8.26. The van der Waals surface area contributed by atoms with Crippen LogP contribution in [-0.4, -0.2) is 76.3 Å². The van der Waals surface area contributed by atoms with Gasteiger partial charge in [-0.05, 0) is 38.4 Å². The highest BCUT2D eigenvalue weighted by atomic mass is 16.5. The summed E-state index contributed by atoms with van der Waals surface area (Å²) in [5, 5.41) is 2.94. The number of methoxy groups -OCH3 is 3. The van der Waals surface area contributed by atoms with E-state index >= 15 is 0 Å². The number of hydrogen-bond acceptors (Lipinski definition) is 8. The molecule has 0 saturated heterocycles. The third kappa shape index (κ3) is 5.55. The Hall–Kier alpha value is -3.85. The minimum absolute atomic E-state index is 0.240. The topological polar surface area (TPSA) is 89.1 Å². The molecule has 0 bridgehead atoms. The largest absolute Gasteiger partial charge is 0.493 e. The molecule has 0 aliphatic rings. The molecule has 9 heteroatoms. The molecule has 1 aromatic heterocycles. The summed E-state index contributed by atoms with van der Waals surface area (Å²) in [5.74, 6) is 2.12. The molecule has 0 aliphatic carbocycles. The first-order valence-corrected chi connectivity index (χ1v) is 10.8. The first-order valence-electron chi connectivity index (χ1n) is 10.8. The van der Waals surface area contributed by atoms with Gasteiger partial charge in [0.1, 0.15) is 11.4 Å². The molecule has 3 aromatic rings. The van der Waals surface area contributed by atoms with Gasteiger partial charge in [0.2, 0.25) is 5.75 Å². The maximum Gasteiger partial charge on any atom is 0.256 e. The molecular weight excluding hydrogens is 434 g/mol. The van der Waals surface area contributed by atoms with Crippen LogP contribution in [0.1, 0.15) is 10.4 Å². The third-order valence-electron chi connectivity index (χ3n) is 5.24. The third-order valence-corrected chi connectivity index (χ3v) is 5.24. The fourth-order valence-corrected chi connectivity index (χ4v) is 3.40. The maximum absolute atomic E-state index is 13.0. The quantitative estimate of drug-likeness (QED) is 0.488. The Morgan fingerprint density at radius 1 is 0.971 bits per heavy atom. The van der Waals surface area contributed by atoms with Gasteiger partial charge in [-0.3, -0.25) is 4.79 Å². The lowest BCUT2D eigenvalue weighted by molar-refractivity contribution is 0.0951. The first-order chi connectivity index (χ1) is 16.4. The molecule has 0 unspecified atom stereocenters. The maximum atomic E-state index is 13.0. The summed E-state index contributed by atoms with van der Waals surface area (Å²) in [7, 11) is 10.4. The molecule has 1 heterocycles. The summed E-state index contributed by atoms with van der Waals surface area (Å²) in [5.41, 5.74) is 1.93. The van der Waals surface area contributed by atoms with Crippen molar-refractivity contribution < 1.29 is 19.0 Å². The standard InChI is InChI=1S/C25H31N5O4/c1-29(2)13-12-26-25(31)19-16-27-23(28-24(19)30(3)18-10-8-7-9-11-18)17-14-20(32-4)22(34-6)21(15-17)33-5/h7-11,14-16H,12-13H2,1-6H3,(H,26,31). The van der Waals surface area contributed by atoms with Crippen LogP contribution in [0.5, 0.6) is 17.2 Å². The van der Waals surface area contributed by atoms with Crippen LogP contribution in [0.3, 0.4) is 0 Å². The number of nitrogens with one attached hydrogen (secondary N) is 1. The molecule has 0 saturated carbocycles. The number of carbonyl (C=O) groups is 1. The Bertz CT molecular complexity index is 1100. The van der Waals surface area contributed by atoms with Crippen LogP contribution in [-0.2, 0) is 0 Å². The number of carbonyl (C=O) groups excluding carboxylic acids is 1. The van der Waals surface area contributed by atoms with Gasteiger partial charge in [0.15, 0.2) is 17.3 Å². The number of aromatic nitrogens is 2. The van der Waals surface area contributed by atoms with E-state index in [9.17, 15) is 4.79 Å². The Labute approximate surface area is 200 Å². The van der Waals surface area contributed by atoms with Gasteiger partial charge in [-0.1, -0.05) is 18.2 Å². The minimum atomic E-state index is -0.240. The SMILES string of the molecule is COc1cc(-c2ncc(C(=O)NCCN(C)C)c(N(C)c3ccccc3)n2)cc(OC)c1OC. The molecule has 180 valence electrons. The number of amides is 1. The van der Waals surface area contributed by atoms with Gasteiger partial charge in [-0.25, -0.2) is 9.97 Å². The summed E-state index contributed by atoms with van der Waals surface area (Å²) in [4.78, 5) is 26.2. The van der Waals surface area contributed by atoms with Crippen LogP contribution in [0.25, 0.3) is 11.4 Å². The number of benzene rings is 2. The minimum Gasteiger partial charge on any atom is -0.493 e. The van der Waals surface area contributed by atoms with Crippen molar-refractivity contribution in [1.29, 1.82) is 0 Å². The van der Waals surface area contributed by atoms with Gasteiger partial charge in [0.25, 0.3) is 5.91 Å². The van der Waals surface area contributed by atoms with Crippen molar-refractivity contribution in [3.63, 3.8) is 0 Å². The monoisotopic (exact) mass is 465 g/mol. The van der Waals surface area contributed by atoms with E-state index in [2.05, 4.69) is 10.3 Å². The Balaban J connectivity index is 2.08. The van der Waals surface area contributed by atoms with E-state index in [-0.39, 0.29) is 5.91 Å².